The molecule has 1 saturated heterocycles. The Balaban J connectivity index is 1.89. The first-order valence-electron chi connectivity index (χ1n) is 7.20. The maximum atomic E-state index is 12.0. The Morgan fingerprint density at radius 3 is 2.48 bits per heavy atom. The van der Waals surface area contributed by atoms with Crippen molar-refractivity contribution in [3.05, 3.63) is 28.2 Å². The smallest absolute Gasteiger partial charge is 0.317 e. The van der Waals surface area contributed by atoms with Crippen LogP contribution in [-0.2, 0) is 0 Å². The predicted octanol–water partition coefficient (Wildman–Crippen LogP) is 3.48. The molecule has 0 unspecified atom stereocenters. The average Bonchev–Trinajstić information content (AvgIpc) is 2.45. The number of nitrogens with one attached hydrogen (secondary N) is 1. The SMILES string of the molecule is CC(C)CNC(=O)N1CCN(c2ccc(Cl)cc2Cl)CC1. The van der Waals surface area contributed by atoms with E-state index in [2.05, 4.69) is 24.1 Å². The van der Waals surface area contributed by atoms with Crippen LogP contribution in [0.3, 0.4) is 0 Å². The van der Waals surface area contributed by atoms with E-state index >= 15 is 0 Å². The van der Waals surface area contributed by atoms with Crippen LogP contribution >= 0.6 is 23.2 Å². The van der Waals surface area contributed by atoms with E-state index in [9.17, 15) is 4.79 Å². The molecule has 4 nitrogen and oxygen atoms in total. The number of anilines is 1. The molecule has 1 fully saturated rings. The number of piperazine rings is 1. The summed E-state index contributed by atoms with van der Waals surface area (Å²) in [6.45, 7) is 7.82. The van der Waals surface area contributed by atoms with Crippen LogP contribution in [0.5, 0.6) is 0 Å². The van der Waals surface area contributed by atoms with Gasteiger partial charge in [0.2, 0.25) is 0 Å². The first-order chi connectivity index (χ1) is 9.97. The van der Waals surface area contributed by atoms with Crippen LogP contribution in [0.1, 0.15) is 13.8 Å². The summed E-state index contributed by atoms with van der Waals surface area (Å²) in [7, 11) is 0. The van der Waals surface area contributed by atoms with Crippen LogP contribution in [0.2, 0.25) is 10.0 Å². The summed E-state index contributed by atoms with van der Waals surface area (Å²) in [6, 6.07) is 5.54. The highest BCUT2D eigenvalue weighted by molar-refractivity contribution is 6.36. The first kappa shape index (κ1) is 16.2. The zero-order valence-corrected chi connectivity index (χ0v) is 13.9. The van der Waals surface area contributed by atoms with E-state index in [1.165, 1.54) is 0 Å². The van der Waals surface area contributed by atoms with Crippen LogP contribution in [0.15, 0.2) is 18.2 Å². The maximum Gasteiger partial charge on any atom is 0.317 e. The molecule has 0 bridgehead atoms. The number of carbonyl (C=O) groups excluding carboxylic acids is 1. The van der Waals surface area contributed by atoms with E-state index in [-0.39, 0.29) is 6.03 Å². The Hall–Kier alpha value is -1.13. The highest BCUT2D eigenvalue weighted by Gasteiger charge is 2.22. The van der Waals surface area contributed by atoms with Gasteiger partial charge < -0.3 is 15.1 Å². The van der Waals surface area contributed by atoms with Crippen LogP contribution in [0.25, 0.3) is 0 Å². The number of amides is 2. The minimum atomic E-state index is 0.0190. The normalized spacial score (nSPS) is 15.5. The topological polar surface area (TPSA) is 35.6 Å². The van der Waals surface area contributed by atoms with Crippen LogP contribution in [0.4, 0.5) is 10.5 Å². The van der Waals surface area contributed by atoms with Crippen LogP contribution in [-0.4, -0.2) is 43.7 Å². The summed E-state index contributed by atoms with van der Waals surface area (Å²) in [6.07, 6.45) is 0. The van der Waals surface area contributed by atoms with Crippen molar-refractivity contribution in [1.82, 2.24) is 10.2 Å². The molecule has 0 aliphatic carbocycles. The lowest BCUT2D eigenvalue weighted by Gasteiger charge is -2.36. The third-order valence-electron chi connectivity index (χ3n) is 3.48. The lowest BCUT2D eigenvalue weighted by molar-refractivity contribution is 0.193. The second-order valence-corrected chi connectivity index (χ2v) is 6.49. The van der Waals surface area contributed by atoms with Gasteiger partial charge in [-0.15, -0.1) is 0 Å². The van der Waals surface area contributed by atoms with Gasteiger partial charge in [-0.25, -0.2) is 4.79 Å². The van der Waals surface area contributed by atoms with E-state index in [4.69, 9.17) is 23.2 Å². The summed E-state index contributed by atoms with van der Waals surface area (Å²) < 4.78 is 0. The Labute approximate surface area is 136 Å². The van der Waals surface area contributed by atoms with Gasteiger partial charge in [-0.3, -0.25) is 0 Å². The molecular formula is C15H21Cl2N3O. The van der Waals surface area contributed by atoms with Gasteiger partial charge in [-0.1, -0.05) is 37.0 Å². The second kappa shape index (κ2) is 7.23. The minimum Gasteiger partial charge on any atom is -0.367 e. The number of rotatable bonds is 3. The number of hydrogen-bond acceptors (Lipinski definition) is 2. The molecular weight excluding hydrogens is 309 g/mol. The third-order valence-corrected chi connectivity index (χ3v) is 4.02. The standard InChI is InChI=1S/C15H21Cl2N3O/c1-11(2)10-18-15(21)20-7-5-19(6-8-20)14-4-3-12(16)9-13(14)17/h3-4,9,11H,5-8,10H2,1-2H3,(H,18,21). The number of nitrogens with zero attached hydrogens (tertiary/aromatic N) is 2. The molecule has 116 valence electrons. The van der Waals surface area contributed by atoms with Gasteiger partial charge in [0.1, 0.15) is 0 Å². The van der Waals surface area contributed by atoms with Gasteiger partial charge in [0.25, 0.3) is 0 Å². The molecule has 0 saturated carbocycles. The van der Waals surface area contributed by atoms with Crippen molar-refractivity contribution < 1.29 is 4.79 Å². The van der Waals surface area contributed by atoms with Gasteiger partial charge in [0.15, 0.2) is 0 Å². The van der Waals surface area contributed by atoms with Crippen molar-refractivity contribution in [3.8, 4) is 0 Å². The number of halogens is 2. The first-order valence-corrected chi connectivity index (χ1v) is 7.95. The molecule has 6 heteroatoms. The Morgan fingerprint density at radius 1 is 1.24 bits per heavy atom. The van der Waals surface area contributed by atoms with Crippen molar-refractivity contribution in [1.29, 1.82) is 0 Å². The quantitative estimate of drug-likeness (QED) is 0.921. The zero-order valence-electron chi connectivity index (χ0n) is 12.4. The van der Waals surface area contributed by atoms with E-state index in [0.29, 0.717) is 35.6 Å². The molecule has 1 aliphatic rings. The number of carbonyl (C=O) groups is 1. The summed E-state index contributed by atoms with van der Waals surface area (Å²) in [5.74, 6) is 0.461. The van der Waals surface area contributed by atoms with Gasteiger partial charge in [-0.2, -0.15) is 0 Å². The van der Waals surface area contributed by atoms with Crippen molar-refractivity contribution in [2.45, 2.75) is 13.8 Å². The zero-order chi connectivity index (χ0) is 15.4. The van der Waals surface area contributed by atoms with Crippen molar-refractivity contribution in [2.24, 2.45) is 5.92 Å². The Morgan fingerprint density at radius 2 is 1.90 bits per heavy atom. The fourth-order valence-electron chi connectivity index (χ4n) is 2.29. The monoisotopic (exact) mass is 329 g/mol. The maximum absolute atomic E-state index is 12.0. The fourth-order valence-corrected chi connectivity index (χ4v) is 2.82. The van der Waals surface area contributed by atoms with Crippen molar-refractivity contribution >= 4 is 34.9 Å². The molecule has 0 atom stereocenters. The fraction of sp³-hybridized carbons (Fsp3) is 0.533. The van der Waals surface area contributed by atoms with E-state index in [0.717, 1.165) is 18.8 Å². The molecule has 0 radical (unpaired) electrons. The summed E-state index contributed by atoms with van der Waals surface area (Å²) in [5.41, 5.74) is 0.975. The van der Waals surface area contributed by atoms with Crippen molar-refractivity contribution in [2.75, 3.05) is 37.6 Å². The molecule has 1 aromatic carbocycles. The van der Waals surface area contributed by atoms with E-state index in [1.54, 1.807) is 6.07 Å². The van der Waals surface area contributed by atoms with E-state index in [1.807, 2.05) is 17.0 Å². The van der Waals surface area contributed by atoms with Gasteiger partial charge in [-0.05, 0) is 24.1 Å². The molecule has 1 aromatic rings. The highest BCUT2D eigenvalue weighted by Crippen LogP contribution is 2.29. The largest absolute Gasteiger partial charge is 0.367 e. The molecule has 21 heavy (non-hydrogen) atoms. The molecule has 0 aromatic heterocycles. The van der Waals surface area contributed by atoms with E-state index < -0.39 is 0 Å². The molecule has 2 rings (SSSR count). The Bertz CT molecular complexity index is 500. The van der Waals surface area contributed by atoms with Gasteiger partial charge in [0.05, 0.1) is 10.7 Å². The lowest BCUT2D eigenvalue weighted by Crippen LogP contribution is -2.52. The summed E-state index contributed by atoms with van der Waals surface area (Å²) in [5, 5.41) is 4.24. The molecule has 2 amide bonds. The van der Waals surface area contributed by atoms with Gasteiger partial charge >= 0.3 is 6.03 Å². The summed E-state index contributed by atoms with van der Waals surface area (Å²) in [4.78, 5) is 16.0. The molecule has 1 heterocycles. The summed E-state index contributed by atoms with van der Waals surface area (Å²) >= 11 is 12.1. The number of hydrogen-bond donors (Lipinski definition) is 1. The molecule has 1 N–H and O–H groups in total. The Kier molecular flexibility index (Phi) is 5.59. The lowest BCUT2D eigenvalue weighted by atomic mass is 10.2. The van der Waals surface area contributed by atoms with Gasteiger partial charge in [0, 0.05) is 37.7 Å². The number of benzene rings is 1. The average molecular weight is 330 g/mol. The minimum absolute atomic E-state index is 0.0190. The third kappa shape index (κ3) is 4.42. The van der Waals surface area contributed by atoms with Crippen LogP contribution in [0, 0.1) is 5.92 Å². The molecule has 0 spiro atoms. The predicted molar refractivity (Wildman–Crippen MR) is 88.5 cm³/mol. The second-order valence-electron chi connectivity index (χ2n) is 5.65. The highest BCUT2D eigenvalue weighted by atomic mass is 35.5. The molecule has 1 aliphatic heterocycles. The number of urea groups is 1. The van der Waals surface area contributed by atoms with Crippen LogP contribution < -0.4 is 10.2 Å². The van der Waals surface area contributed by atoms with Crippen molar-refractivity contribution in [3.63, 3.8) is 0 Å².